The first kappa shape index (κ1) is 12.0. The van der Waals surface area contributed by atoms with E-state index in [1.165, 1.54) is 4.31 Å². The lowest BCUT2D eigenvalue weighted by Gasteiger charge is -2.14. The molecule has 0 aromatic heterocycles. The lowest BCUT2D eigenvalue weighted by molar-refractivity contribution is -0.109. The fourth-order valence-corrected chi connectivity index (χ4v) is 3.04. The van der Waals surface area contributed by atoms with Gasteiger partial charge in [-0.1, -0.05) is 18.2 Å². The molecule has 1 unspecified atom stereocenters. The molecule has 1 fully saturated rings. The molecule has 17 heavy (non-hydrogen) atoms. The minimum absolute atomic E-state index is 0.139. The van der Waals surface area contributed by atoms with Crippen LogP contribution < -0.4 is 10.5 Å². The van der Waals surface area contributed by atoms with Gasteiger partial charge in [-0.15, -0.1) is 0 Å². The van der Waals surface area contributed by atoms with Gasteiger partial charge in [0.1, 0.15) is 6.29 Å². The highest BCUT2D eigenvalue weighted by Crippen LogP contribution is 2.18. The van der Waals surface area contributed by atoms with Crippen LogP contribution in [0.15, 0.2) is 24.3 Å². The summed E-state index contributed by atoms with van der Waals surface area (Å²) >= 11 is 0. The van der Waals surface area contributed by atoms with Crippen LogP contribution in [0.3, 0.4) is 0 Å². The Bertz CT molecular complexity index is 529. The van der Waals surface area contributed by atoms with Crippen molar-refractivity contribution < 1.29 is 13.2 Å². The number of nitrogen functional groups attached to an aromatic ring is 1. The molecule has 1 aromatic rings. The van der Waals surface area contributed by atoms with Gasteiger partial charge in [-0.05, 0) is 11.6 Å². The molecular formula is C10H13N3O3S. The van der Waals surface area contributed by atoms with Crippen LogP contribution in [0.1, 0.15) is 5.56 Å². The Hall–Kier alpha value is -1.44. The number of nitrogens with zero attached hydrogens (tertiary/aromatic N) is 1. The Labute approximate surface area is 99.6 Å². The van der Waals surface area contributed by atoms with Crippen LogP contribution in [0.2, 0.25) is 0 Å². The predicted molar refractivity (Wildman–Crippen MR) is 63.2 cm³/mol. The maximum absolute atomic E-state index is 11.7. The van der Waals surface area contributed by atoms with E-state index < -0.39 is 16.3 Å². The van der Waals surface area contributed by atoms with Gasteiger partial charge in [0.15, 0.2) is 0 Å². The first-order chi connectivity index (χ1) is 8.03. The number of nitrogens with one attached hydrogen (secondary N) is 1. The Kier molecular flexibility index (Phi) is 3.14. The highest BCUT2D eigenvalue weighted by Gasteiger charge is 2.35. The van der Waals surface area contributed by atoms with Crippen LogP contribution in [-0.4, -0.2) is 31.6 Å². The lowest BCUT2D eigenvalue weighted by Crippen LogP contribution is -2.30. The zero-order valence-corrected chi connectivity index (χ0v) is 9.85. The minimum atomic E-state index is -3.57. The summed E-state index contributed by atoms with van der Waals surface area (Å²) in [7, 11) is -3.57. The third kappa shape index (κ3) is 2.46. The second-order valence-corrected chi connectivity index (χ2v) is 5.56. The van der Waals surface area contributed by atoms with Crippen molar-refractivity contribution in [3.05, 3.63) is 29.8 Å². The molecule has 1 atom stereocenters. The number of rotatable bonds is 3. The fraction of sp³-hybridized carbons (Fsp3) is 0.300. The summed E-state index contributed by atoms with van der Waals surface area (Å²) in [6, 6.07) is 6.37. The van der Waals surface area contributed by atoms with E-state index in [0.717, 1.165) is 5.56 Å². The first-order valence-corrected chi connectivity index (χ1v) is 6.53. The Morgan fingerprint density at radius 1 is 1.47 bits per heavy atom. The molecule has 1 heterocycles. The van der Waals surface area contributed by atoms with E-state index in [2.05, 4.69) is 4.72 Å². The van der Waals surface area contributed by atoms with E-state index in [1.807, 2.05) is 0 Å². The minimum Gasteiger partial charge on any atom is -0.398 e. The molecule has 0 saturated carbocycles. The molecule has 0 radical (unpaired) electrons. The topological polar surface area (TPSA) is 92.5 Å². The van der Waals surface area contributed by atoms with Gasteiger partial charge < -0.3 is 10.5 Å². The second kappa shape index (κ2) is 4.44. The molecule has 3 N–H and O–H groups in total. The van der Waals surface area contributed by atoms with E-state index in [9.17, 15) is 13.2 Å². The lowest BCUT2D eigenvalue weighted by atomic mass is 10.2. The number of carbonyl (C=O) groups is 1. The summed E-state index contributed by atoms with van der Waals surface area (Å²) < 4.78 is 26.8. The van der Waals surface area contributed by atoms with E-state index in [1.54, 1.807) is 24.3 Å². The molecule has 6 nitrogen and oxygen atoms in total. The zero-order valence-electron chi connectivity index (χ0n) is 9.04. The van der Waals surface area contributed by atoms with Crippen molar-refractivity contribution in [3.8, 4) is 0 Å². The zero-order chi connectivity index (χ0) is 12.5. The third-order valence-electron chi connectivity index (χ3n) is 2.61. The van der Waals surface area contributed by atoms with Crippen LogP contribution in [0.5, 0.6) is 0 Å². The fourth-order valence-electron chi connectivity index (χ4n) is 1.71. The molecule has 0 bridgehead atoms. The standard InChI is InChI=1S/C10H13N3O3S/c11-10-4-2-1-3-8(10)5-13-6-9(7-14)12-17(13,15)16/h1-4,7,9,12H,5-6,11H2. The highest BCUT2D eigenvalue weighted by atomic mass is 32.2. The molecular weight excluding hydrogens is 242 g/mol. The molecule has 7 heteroatoms. The number of para-hydroxylation sites is 1. The van der Waals surface area contributed by atoms with Gasteiger partial charge in [-0.2, -0.15) is 17.4 Å². The normalized spacial score (nSPS) is 23.6. The SMILES string of the molecule is Nc1ccccc1CN1CC(C=O)NS1(=O)=O. The number of hydrogen-bond acceptors (Lipinski definition) is 4. The number of carbonyl (C=O) groups excluding carboxylic acids is 1. The number of anilines is 1. The molecule has 0 amide bonds. The van der Waals surface area contributed by atoms with Gasteiger partial charge in [0.05, 0.1) is 6.04 Å². The van der Waals surface area contributed by atoms with Crippen LogP contribution >= 0.6 is 0 Å². The van der Waals surface area contributed by atoms with Crippen molar-refractivity contribution in [1.82, 2.24) is 9.03 Å². The van der Waals surface area contributed by atoms with Gasteiger partial charge >= 0.3 is 0 Å². The predicted octanol–water partition coefficient (Wildman–Crippen LogP) is -0.514. The van der Waals surface area contributed by atoms with Crippen molar-refractivity contribution in [1.29, 1.82) is 0 Å². The van der Waals surface area contributed by atoms with Gasteiger partial charge in [-0.25, -0.2) is 0 Å². The number of benzene rings is 1. The van der Waals surface area contributed by atoms with Crippen molar-refractivity contribution in [2.45, 2.75) is 12.6 Å². The Balaban J connectivity index is 2.20. The number of aldehydes is 1. The quantitative estimate of drug-likeness (QED) is 0.562. The molecule has 0 aliphatic carbocycles. The average Bonchev–Trinajstić information content (AvgIpc) is 2.57. The van der Waals surface area contributed by atoms with E-state index in [-0.39, 0.29) is 13.1 Å². The molecule has 1 aliphatic rings. The molecule has 1 aromatic carbocycles. The van der Waals surface area contributed by atoms with Crippen LogP contribution in [-0.2, 0) is 21.5 Å². The average molecular weight is 255 g/mol. The molecule has 1 saturated heterocycles. The second-order valence-electron chi connectivity index (χ2n) is 3.86. The van der Waals surface area contributed by atoms with E-state index >= 15 is 0 Å². The van der Waals surface area contributed by atoms with Crippen molar-refractivity contribution in [2.24, 2.45) is 0 Å². The maximum Gasteiger partial charge on any atom is 0.280 e. The highest BCUT2D eigenvalue weighted by molar-refractivity contribution is 7.87. The third-order valence-corrected chi connectivity index (χ3v) is 4.17. The van der Waals surface area contributed by atoms with Gasteiger partial charge in [-0.3, -0.25) is 0 Å². The molecule has 1 aliphatic heterocycles. The number of hydrogen-bond donors (Lipinski definition) is 2. The first-order valence-electron chi connectivity index (χ1n) is 5.09. The summed E-state index contributed by atoms with van der Waals surface area (Å²) in [5.74, 6) is 0. The van der Waals surface area contributed by atoms with Crippen LogP contribution in [0.4, 0.5) is 5.69 Å². The maximum atomic E-state index is 11.7. The largest absolute Gasteiger partial charge is 0.398 e. The van der Waals surface area contributed by atoms with E-state index in [0.29, 0.717) is 12.0 Å². The molecule has 0 spiro atoms. The van der Waals surface area contributed by atoms with Gasteiger partial charge in [0.2, 0.25) is 0 Å². The summed E-state index contributed by atoms with van der Waals surface area (Å²) in [4.78, 5) is 10.6. The van der Waals surface area contributed by atoms with Gasteiger partial charge in [0, 0.05) is 18.8 Å². The Morgan fingerprint density at radius 2 is 2.18 bits per heavy atom. The van der Waals surface area contributed by atoms with Crippen molar-refractivity contribution in [3.63, 3.8) is 0 Å². The molecule has 2 rings (SSSR count). The monoisotopic (exact) mass is 255 g/mol. The summed E-state index contributed by atoms with van der Waals surface area (Å²) in [5, 5.41) is 0. The molecule has 92 valence electrons. The van der Waals surface area contributed by atoms with Crippen LogP contribution in [0, 0.1) is 0 Å². The summed E-state index contributed by atoms with van der Waals surface area (Å²) in [5.41, 5.74) is 7.01. The Morgan fingerprint density at radius 3 is 2.76 bits per heavy atom. The van der Waals surface area contributed by atoms with Crippen molar-refractivity contribution >= 4 is 22.2 Å². The van der Waals surface area contributed by atoms with E-state index in [4.69, 9.17) is 5.73 Å². The smallest absolute Gasteiger partial charge is 0.280 e. The van der Waals surface area contributed by atoms with Crippen molar-refractivity contribution in [2.75, 3.05) is 12.3 Å². The number of nitrogens with two attached hydrogens (primary N) is 1. The van der Waals surface area contributed by atoms with Crippen LogP contribution in [0.25, 0.3) is 0 Å². The summed E-state index contributed by atoms with van der Waals surface area (Å²) in [6.07, 6.45) is 0.589. The van der Waals surface area contributed by atoms with Gasteiger partial charge in [0.25, 0.3) is 10.2 Å². The summed E-state index contributed by atoms with van der Waals surface area (Å²) in [6.45, 7) is 0.312.